The Bertz CT molecular complexity index is 618. The summed E-state index contributed by atoms with van der Waals surface area (Å²) in [5, 5.41) is 3.33. The van der Waals surface area contributed by atoms with E-state index < -0.39 is 10.0 Å². The molecule has 2 unspecified atom stereocenters. The SMILES string of the molecule is CCC1CNC(C)CN1S(=O)(=O)c1ccc(OC)c(OC)c1. The predicted octanol–water partition coefficient (Wildman–Crippen LogP) is 1.46. The highest BCUT2D eigenvalue weighted by atomic mass is 32.2. The molecule has 0 saturated carbocycles. The van der Waals surface area contributed by atoms with Crippen LogP contribution in [0.5, 0.6) is 11.5 Å². The molecule has 22 heavy (non-hydrogen) atoms. The molecule has 0 spiro atoms. The maximum Gasteiger partial charge on any atom is 0.243 e. The van der Waals surface area contributed by atoms with Gasteiger partial charge >= 0.3 is 0 Å². The van der Waals surface area contributed by atoms with Crippen molar-refractivity contribution in [2.24, 2.45) is 0 Å². The summed E-state index contributed by atoms with van der Waals surface area (Å²) in [6, 6.07) is 4.81. The quantitative estimate of drug-likeness (QED) is 0.886. The van der Waals surface area contributed by atoms with E-state index in [0.29, 0.717) is 24.6 Å². The topological polar surface area (TPSA) is 67.9 Å². The molecule has 2 atom stereocenters. The molecule has 0 aliphatic carbocycles. The number of nitrogens with one attached hydrogen (secondary N) is 1. The number of hydrogen-bond donors (Lipinski definition) is 1. The van der Waals surface area contributed by atoms with Crippen LogP contribution in [0.25, 0.3) is 0 Å². The van der Waals surface area contributed by atoms with E-state index in [-0.39, 0.29) is 17.0 Å². The van der Waals surface area contributed by atoms with Gasteiger partial charge in [0.05, 0.1) is 19.1 Å². The minimum atomic E-state index is -3.56. The summed E-state index contributed by atoms with van der Waals surface area (Å²) < 4.78 is 37.9. The third-order valence-corrected chi connectivity index (χ3v) is 5.91. The van der Waals surface area contributed by atoms with E-state index in [2.05, 4.69) is 5.32 Å². The van der Waals surface area contributed by atoms with Crippen LogP contribution in [-0.2, 0) is 10.0 Å². The minimum absolute atomic E-state index is 0.0331. The molecule has 0 bridgehead atoms. The smallest absolute Gasteiger partial charge is 0.243 e. The molecule has 1 aromatic rings. The summed E-state index contributed by atoms with van der Waals surface area (Å²) in [6.45, 7) is 5.13. The summed E-state index contributed by atoms with van der Waals surface area (Å²) in [6.07, 6.45) is 0.770. The van der Waals surface area contributed by atoms with Crippen molar-refractivity contribution in [3.05, 3.63) is 18.2 Å². The Morgan fingerprint density at radius 3 is 2.55 bits per heavy atom. The van der Waals surface area contributed by atoms with E-state index in [1.54, 1.807) is 16.4 Å². The zero-order valence-electron chi connectivity index (χ0n) is 13.5. The molecule has 1 saturated heterocycles. The molecule has 6 nitrogen and oxygen atoms in total. The van der Waals surface area contributed by atoms with E-state index >= 15 is 0 Å². The first-order chi connectivity index (χ1) is 10.4. The van der Waals surface area contributed by atoms with Crippen LogP contribution in [-0.4, -0.2) is 52.1 Å². The third kappa shape index (κ3) is 3.21. The Kier molecular flexibility index (Phi) is 5.31. The molecule has 1 aliphatic rings. The normalized spacial score (nSPS) is 23.3. The molecule has 1 aliphatic heterocycles. The maximum atomic E-state index is 13.0. The van der Waals surface area contributed by atoms with Crippen molar-refractivity contribution in [3.63, 3.8) is 0 Å². The minimum Gasteiger partial charge on any atom is -0.493 e. The van der Waals surface area contributed by atoms with Crippen molar-refractivity contribution < 1.29 is 17.9 Å². The maximum absolute atomic E-state index is 13.0. The number of benzene rings is 1. The molecule has 0 amide bonds. The first kappa shape index (κ1) is 17.1. The van der Waals surface area contributed by atoms with Crippen LogP contribution in [0.3, 0.4) is 0 Å². The highest BCUT2D eigenvalue weighted by Gasteiger charge is 2.35. The lowest BCUT2D eigenvalue weighted by molar-refractivity contribution is 0.226. The summed E-state index contributed by atoms with van der Waals surface area (Å²) in [5.74, 6) is 0.932. The van der Waals surface area contributed by atoms with Crippen molar-refractivity contribution in [2.75, 3.05) is 27.3 Å². The fourth-order valence-corrected chi connectivity index (χ4v) is 4.48. The van der Waals surface area contributed by atoms with Gasteiger partial charge in [0, 0.05) is 31.2 Å². The van der Waals surface area contributed by atoms with Crippen molar-refractivity contribution in [2.45, 2.75) is 37.2 Å². The monoisotopic (exact) mass is 328 g/mol. The Morgan fingerprint density at radius 1 is 1.27 bits per heavy atom. The van der Waals surface area contributed by atoms with Crippen LogP contribution in [0.2, 0.25) is 0 Å². The second kappa shape index (κ2) is 6.85. The molecule has 124 valence electrons. The number of piperazine rings is 1. The van der Waals surface area contributed by atoms with Gasteiger partial charge in [-0.1, -0.05) is 6.92 Å². The fraction of sp³-hybridized carbons (Fsp3) is 0.600. The number of sulfonamides is 1. The predicted molar refractivity (Wildman–Crippen MR) is 85.0 cm³/mol. The number of rotatable bonds is 5. The summed E-state index contributed by atoms with van der Waals surface area (Å²) in [7, 11) is -0.535. The zero-order valence-corrected chi connectivity index (χ0v) is 14.3. The van der Waals surface area contributed by atoms with Gasteiger partial charge in [-0.15, -0.1) is 0 Å². The van der Waals surface area contributed by atoms with Crippen LogP contribution in [0.15, 0.2) is 23.1 Å². The highest BCUT2D eigenvalue weighted by molar-refractivity contribution is 7.89. The lowest BCUT2D eigenvalue weighted by atomic mass is 10.1. The van der Waals surface area contributed by atoms with Crippen molar-refractivity contribution in [1.82, 2.24) is 9.62 Å². The first-order valence-corrected chi connectivity index (χ1v) is 8.85. The molecule has 1 fully saturated rings. The van der Waals surface area contributed by atoms with E-state index in [1.165, 1.54) is 20.3 Å². The Labute approximate surface area is 132 Å². The first-order valence-electron chi connectivity index (χ1n) is 7.41. The average molecular weight is 328 g/mol. The van der Waals surface area contributed by atoms with Gasteiger partial charge in [0.2, 0.25) is 10.0 Å². The standard InChI is InChI=1S/C15H24N2O4S/c1-5-12-9-16-11(2)10-17(12)22(18,19)13-6-7-14(20-3)15(8-13)21-4/h6-8,11-12,16H,5,9-10H2,1-4H3. The number of methoxy groups -OCH3 is 2. The van der Waals surface area contributed by atoms with Crippen LogP contribution in [0, 0.1) is 0 Å². The second-order valence-electron chi connectivity index (χ2n) is 5.46. The Hall–Kier alpha value is -1.31. The second-order valence-corrected chi connectivity index (χ2v) is 7.35. The molecule has 1 N–H and O–H groups in total. The van der Waals surface area contributed by atoms with Gasteiger partial charge in [-0.05, 0) is 25.5 Å². The van der Waals surface area contributed by atoms with Gasteiger partial charge in [-0.2, -0.15) is 4.31 Å². The highest BCUT2D eigenvalue weighted by Crippen LogP contribution is 2.31. The Morgan fingerprint density at radius 2 is 1.95 bits per heavy atom. The molecule has 0 aromatic heterocycles. The largest absolute Gasteiger partial charge is 0.493 e. The molecule has 2 rings (SSSR count). The lowest BCUT2D eigenvalue weighted by Crippen LogP contribution is -2.56. The van der Waals surface area contributed by atoms with Crippen molar-refractivity contribution >= 4 is 10.0 Å². The molecule has 1 heterocycles. The van der Waals surface area contributed by atoms with E-state index in [0.717, 1.165) is 6.42 Å². The van der Waals surface area contributed by atoms with Gasteiger partial charge in [0.25, 0.3) is 0 Å². The van der Waals surface area contributed by atoms with E-state index in [1.807, 2.05) is 13.8 Å². The van der Waals surface area contributed by atoms with Gasteiger partial charge in [0.1, 0.15) is 0 Å². The summed E-state index contributed by atoms with van der Waals surface area (Å²) in [5.41, 5.74) is 0. The van der Waals surface area contributed by atoms with Crippen molar-refractivity contribution in [1.29, 1.82) is 0 Å². The number of nitrogens with zero attached hydrogens (tertiary/aromatic N) is 1. The van der Waals surface area contributed by atoms with Crippen molar-refractivity contribution in [3.8, 4) is 11.5 Å². The van der Waals surface area contributed by atoms with Gasteiger partial charge in [-0.25, -0.2) is 8.42 Å². The van der Waals surface area contributed by atoms with E-state index in [9.17, 15) is 8.42 Å². The molecule has 7 heteroatoms. The molecular weight excluding hydrogens is 304 g/mol. The zero-order chi connectivity index (χ0) is 16.3. The summed E-state index contributed by atoms with van der Waals surface area (Å²) >= 11 is 0. The van der Waals surface area contributed by atoms with Gasteiger partial charge in [-0.3, -0.25) is 0 Å². The lowest BCUT2D eigenvalue weighted by Gasteiger charge is -2.38. The summed E-state index contributed by atoms with van der Waals surface area (Å²) in [4.78, 5) is 0.234. The van der Waals surface area contributed by atoms with E-state index in [4.69, 9.17) is 9.47 Å². The molecule has 0 radical (unpaired) electrons. The Balaban J connectivity index is 2.40. The van der Waals surface area contributed by atoms with Crippen LogP contribution in [0.1, 0.15) is 20.3 Å². The van der Waals surface area contributed by atoms with Gasteiger partial charge in [0.15, 0.2) is 11.5 Å². The number of hydrogen-bond acceptors (Lipinski definition) is 5. The number of ether oxygens (including phenoxy) is 2. The fourth-order valence-electron chi connectivity index (χ4n) is 2.68. The van der Waals surface area contributed by atoms with Crippen LogP contribution in [0.4, 0.5) is 0 Å². The third-order valence-electron chi connectivity index (χ3n) is 4.00. The van der Waals surface area contributed by atoms with Crippen LogP contribution >= 0.6 is 0 Å². The van der Waals surface area contributed by atoms with Gasteiger partial charge < -0.3 is 14.8 Å². The van der Waals surface area contributed by atoms with Crippen LogP contribution < -0.4 is 14.8 Å². The molecule has 1 aromatic carbocycles. The molecular formula is C15H24N2O4S. The average Bonchev–Trinajstić information content (AvgIpc) is 2.54.